The van der Waals surface area contributed by atoms with E-state index < -0.39 is 10.0 Å². The molecule has 0 rings (SSSR count). The first-order valence-electron chi connectivity index (χ1n) is 8.54. The minimum Gasteiger partial charge on any atom is -0.361 e. The van der Waals surface area contributed by atoms with Crippen LogP contribution in [0, 0.1) is 0 Å². The predicted molar refractivity (Wildman–Crippen MR) is 111 cm³/mol. The molecule has 0 unspecified atom stereocenters. The van der Waals surface area contributed by atoms with Crippen molar-refractivity contribution < 1.29 is 8.42 Å². The molecule has 0 aromatic heterocycles. The van der Waals surface area contributed by atoms with Gasteiger partial charge in [-0.15, -0.1) is 0 Å². The van der Waals surface area contributed by atoms with Crippen LogP contribution in [0.2, 0.25) is 0 Å². The van der Waals surface area contributed by atoms with Gasteiger partial charge in [-0.25, -0.2) is 8.42 Å². The highest BCUT2D eigenvalue weighted by Gasteiger charge is 2.33. The van der Waals surface area contributed by atoms with Crippen molar-refractivity contribution in [1.29, 1.82) is 0 Å². The van der Waals surface area contributed by atoms with Crippen LogP contribution in [0.3, 0.4) is 0 Å². The Morgan fingerprint density at radius 3 is 1.76 bits per heavy atom. The maximum absolute atomic E-state index is 13.2. The van der Waals surface area contributed by atoms with Gasteiger partial charge in [-0.3, -0.25) is 0 Å². The Kier molecular flexibility index (Phi) is 12.9. The molecule has 0 saturated carbocycles. The van der Waals surface area contributed by atoms with Gasteiger partial charge in [0.2, 0.25) is 10.0 Å². The molecule has 4 nitrogen and oxygen atoms in total. The molecule has 0 aliphatic heterocycles. The monoisotopic (exact) mass is 452 g/mol. The molecule has 0 aliphatic carbocycles. The van der Waals surface area contributed by atoms with Crippen LogP contribution in [-0.2, 0) is 10.0 Å². The molecule has 0 radical (unpaired) electrons. The largest absolute Gasteiger partial charge is 0.361 e. The number of halogens is 4. The molecule has 0 aliphatic rings. The minimum absolute atomic E-state index is 0.0506. The van der Waals surface area contributed by atoms with Crippen molar-refractivity contribution in [3.63, 3.8) is 0 Å². The summed E-state index contributed by atoms with van der Waals surface area (Å²) in [6.07, 6.45) is 3.44. The Morgan fingerprint density at radius 1 is 0.840 bits per heavy atom. The third-order valence-electron chi connectivity index (χ3n) is 3.71. The smallest absolute Gasteiger partial charge is 0.247 e. The van der Waals surface area contributed by atoms with Crippen LogP contribution in [0.1, 0.15) is 53.4 Å². The molecule has 0 N–H and O–H groups in total. The maximum Gasteiger partial charge on any atom is 0.247 e. The average molecular weight is 454 g/mol. The summed E-state index contributed by atoms with van der Waals surface area (Å²) in [7, 11) is -3.93. The summed E-state index contributed by atoms with van der Waals surface area (Å²) in [6.45, 7) is 9.57. The van der Waals surface area contributed by atoms with Crippen molar-refractivity contribution >= 4 is 56.4 Å². The Balaban J connectivity index is 6.24. The fraction of sp³-hybridized carbons (Fsp3) is 0.750. The van der Waals surface area contributed by atoms with Crippen molar-refractivity contribution in [1.82, 2.24) is 9.21 Å². The Hall–Kier alpha value is 0.350. The molecule has 25 heavy (non-hydrogen) atoms. The molecule has 0 saturated heterocycles. The normalized spacial score (nSPS) is 13.0. The van der Waals surface area contributed by atoms with E-state index in [-0.39, 0.29) is 19.6 Å². The zero-order chi connectivity index (χ0) is 19.6. The van der Waals surface area contributed by atoms with Crippen LogP contribution in [0.5, 0.6) is 0 Å². The molecular formula is C16H28Cl4N2O2S. The molecule has 0 bridgehead atoms. The first-order chi connectivity index (χ1) is 11.7. The van der Waals surface area contributed by atoms with Crippen LogP contribution < -0.4 is 0 Å². The number of rotatable bonds is 12. The van der Waals surface area contributed by atoms with Gasteiger partial charge in [0, 0.05) is 26.2 Å². The fourth-order valence-electron chi connectivity index (χ4n) is 2.20. The lowest BCUT2D eigenvalue weighted by Crippen LogP contribution is -2.35. The van der Waals surface area contributed by atoms with E-state index in [4.69, 9.17) is 46.4 Å². The first kappa shape index (κ1) is 25.4. The molecule has 9 heteroatoms. The van der Waals surface area contributed by atoms with Crippen molar-refractivity contribution in [2.75, 3.05) is 26.2 Å². The zero-order valence-corrected chi connectivity index (χ0v) is 19.1. The van der Waals surface area contributed by atoms with Crippen molar-refractivity contribution in [3.8, 4) is 0 Å². The second kappa shape index (κ2) is 12.7. The summed E-state index contributed by atoms with van der Waals surface area (Å²) in [5, 5.41) is -0.201. The van der Waals surface area contributed by atoms with Crippen LogP contribution in [-0.4, -0.2) is 43.8 Å². The number of hydrogen-bond donors (Lipinski definition) is 0. The Labute approximate surface area is 172 Å². The van der Waals surface area contributed by atoms with Crippen LogP contribution in [0.4, 0.5) is 0 Å². The van der Waals surface area contributed by atoms with Gasteiger partial charge in [0.25, 0.3) is 0 Å². The molecule has 148 valence electrons. The topological polar surface area (TPSA) is 40.6 Å². The lowest BCUT2D eigenvalue weighted by molar-refractivity contribution is 0.373. The average Bonchev–Trinajstić information content (AvgIpc) is 2.55. The molecule has 0 atom stereocenters. The van der Waals surface area contributed by atoms with E-state index in [0.717, 1.165) is 25.7 Å². The second-order valence-corrected chi connectivity index (χ2v) is 9.04. The summed E-state index contributed by atoms with van der Waals surface area (Å²) in [4.78, 5) is 1.54. The first-order valence-corrected chi connectivity index (χ1v) is 11.5. The van der Waals surface area contributed by atoms with Gasteiger partial charge in [0.05, 0.1) is 5.03 Å². The highest BCUT2D eigenvalue weighted by atomic mass is 35.5. The van der Waals surface area contributed by atoms with Gasteiger partial charge in [-0.05, 0) is 19.8 Å². The molecule has 0 spiro atoms. The Bertz CT molecular complexity index is 573. The van der Waals surface area contributed by atoms with Crippen LogP contribution in [0.15, 0.2) is 19.6 Å². The second-order valence-electron chi connectivity index (χ2n) is 5.48. The van der Waals surface area contributed by atoms with Gasteiger partial charge in [-0.2, -0.15) is 4.31 Å². The van der Waals surface area contributed by atoms with Gasteiger partial charge in [0.1, 0.15) is 14.6 Å². The number of allylic oxidation sites excluding steroid dienone is 1. The zero-order valence-electron chi connectivity index (χ0n) is 15.3. The van der Waals surface area contributed by atoms with E-state index in [0.29, 0.717) is 26.2 Å². The SMILES string of the molecule is CCCCN(CC)/C(Cl)=C(/C(Cl)=C(Cl)Cl)S(=O)(=O)N(CC)CCCC. The van der Waals surface area contributed by atoms with E-state index in [2.05, 4.69) is 6.92 Å². The molecule has 0 aromatic carbocycles. The van der Waals surface area contributed by atoms with Gasteiger partial charge in [-0.1, -0.05) is 80.0 Å². The van der Waals surface area contributed by atoms with Gasteiger partial charge < -0.3 is 4.90 Å². The van der Waals surface area contributed by atoms with E-state index >= 15 is 0 Å². The lowest BCUT2D eigenvalue weighted by atomic mass is 10.3. The number of unbranched alkanes of at least 4 members (excludes halogenated alkanes) is 2. The number of nitrogens with zero attached hydrogens (tertiary/aromatic N) is 2. The maximum atomic E-state index is 13.2. The summed E-state index contributed by atoms with van der Waals surface area (Å²) >= 11 is 24.2. The van der Waals surface area contributed by atoms with E-state index in [1.165, 1.54) is 4.31 Å². The van der Waals surface area contributed by atoms with E-state index in [9.17, 15) is 8.42 Å². The molecular weight excluding hydrogens is 426 g/mol. The Morgan fingerprint density at radius 2 is 1.36 bits per heavy atom. The van der Waals surface area contributed by atoms with Crippen molar-refractivity contribution in [2.45, 2.75) is 53.4 Å². The molecule has 0 aromatic rings. The van der Waals surface area contributed by atoms with Crippen LogP contribution >= 0.6 is 46.4 Å². The highest BCUT2D eigenvalue weighted by molar-refractivity contribution is 7.93. The molecule has 0 heterocycles. The quantitative estimate of drug-likeness (QED) is 0.274. The third-order valence-corrected chi connectivity index (χ3v) is 7.34. The lowest BCUT2D eigenvalue weighted by Gasteiger charge is -2.27. The van der Waals surface area contributed by atoms with Crippen molar-refractivity contribution in [3.05, 3.63) is 19.6 Å². The molecule has 0 amide bonds. The van der Waals surface area contributed by atoms with Gasteiger partial charge in [0.15, 0.2) is 0 Å². The van der Waals surface area contributed by atoms with Crippen LogP contribution in [0.25, 0.3) is 0 Å². The number of hydrogen-bond acceptors (Lipinski definition) is 3. The van der Waals surface area contributed by atoms with Crippen molar-refractivity contribution in [2.24, 2.45) is 0 Å². The highest BCUT2D eigenvalue weighted by Crippen LogP contribution is 2.35. The van der Waals surface area contributed by atoms with E-state index in [1.807, 2.05) is 13.8 Å². The summed E-state index contributed by atoms with van der Waals surface area (Å²) in [6, 6.07) is 0. The predicted octanol–water partition coefficient (Wildman–Crippen LogP) is 5.85. The van der Waals surface area contributed by atoms with Gasteiger partial charge >= 0.3 is 0 Å². The van der Waals surface area contributed by atoms with E-state index in [1.54, 1.807) is 11.8 Å². The fourth-order valence-corrected chi connectivity index (χ4v) is 5.16. The number of sulfonamides is 1. The standard InChI is InChI=1S/C16H28Cl4N2O2S/c1-5-9-11-21(7-3)16(20)14(13(17)15(18)19)25(23,24)22(8-4)12-10-6-2/h5-12H2,1-4H3/b16-14-. The summed E-state index contributed by atoms with van der Waals surface area (Å²) in [5.74, 6) is 0. The third kappa shape index (κ3) is 7.47. The summed E-state index contributed by atoms with van der Waals surface area (Å²) in [5.41, 5.74) is 0. The minimum atomic E-state index is -3.93. The summed E-state index contributed by atoms with van der Waals surface area (Å²) < 4.78 is 27.4. The molecule has 0 fully saturated rings.